The first-order chi connectivity index (χ1) is 6.66. The van der Waals surface area contributed by atoms with Gasteiger partial charge in [0.25, 0.3) is 0 Å². The summed E-state index contributed by atoms with van der Waals surface area (Å²) in [6, 6.07) is 4.64. The van der Waals surface area contributed by atoms with Crippen LogP contribution in [0.5, 0.6) is 0 Å². The van der Waals surface area contributed by atoms with Gasteiger partial charge in [0.1, 0.15) is 5.52 Å². The van der Waals surface area contributed by atoms with E-state index in [4.69, 9.17) is 10.2 Å². The summed E-state index contributed by atoms with van der Waals surface area (Å²) in [5, 5.41) is 0. The summed E-state index contributed by atoms with van der Waals surface area (Å²) in [4.78, 5) is 4.13. The van der Waals surface area contributed by atoms with Gasteiger partial charge in [-0.1, -0.05) is 6.07 Å². The number of nitrogens with two attached hydrogens (primary N) is 1. The minimum Gasteiger partial charge on any atom is -0.438 e. The van der Waals surface area contributed by atoms with E-state index < -0.39 is 0 Å². The van der Waals surface area contributed by atoms with E-state index in [1.807, 2.05) is 6.92 Å². The van der Waals surface area contributed by atoms with Gasteiger partial charge in [0, 0.05) is 12.5 Å². The van der Waals surface area contributed by atoms with Gasteiger partial charge in [-0.25, -0.2) is 9.37 Å². The summed E-state index contributed by atoms with van der Waals surface area (Å²) >= 11 is 0. The fourth-order valence-corrected chi connectivity index (χ4v) is 1.32. The van der Waals surface area contributed by atoms with Crippen molar-refractivity contribution in [2.75, 3.05) is 0 Å². The Bertz CT molecular complexity index is 450. The Hall–Kier alpha value is -1.42. The number of oxazole rings is 1. The third-order valence-corrected chi connectivity index (χ3v) is 1.91. The number of hydrogen-bond acceptors (Lipinski definition) is 3. The largest absolute Gasteiger partial charge is 0.438 e. The minimum atomic E-state index is -0.383. The smallest absolute Gasteiger partial charge is 0.197 e. The maximum absolute atomic E-state index is 13.2. The van der Waals surface area contributed by atoms with Crippen LogP contribution in [0.4, 0.5) is 4.39 Å². The molecule has 4 heteroatoms. The molecule has 2 rings (SSSR count). The standard InChI is InChI=1S/C10H11FN2O/c1-6(12)5-9-13-8-4-2-3-7(11)10(8)14-9/h2-4,6H,5,12H2,1H3. The van der Waals surface area contributed by atoms with E-state index in [2.05, 4.69) is 4.98 Å². The van der Waals surface area contributed by atoms with Crippen LogP contribution in [-0.4, -0.2) is 11.0 Å². The van der Waals surface area contributed by atoms with Gasteiger partial charge in [0.15, 0.2) is 17.3 Å². The van der Waals surface area contributed by atoms with Crippen LogP contribution in [0, 0.1) is 5.82 Å². The highest BCUT2D eigenvalue weighted by Gasteiger charge is 2.10. The molecule has 14 heavy (non-hydrogen) atoms. The molecule has 0 aliphatic rings. The Balaban J connectivity index is 2.46. The van der Waals surface area contributed by atoms with Gasteiger partial charge in [-0.3, -0.25) is 0 Å². The van der Waals surface area contributed by atoms with Gasteiger partial charge in [-0.15, -0.1) is 0 Å². The highest BCUT2D eigenvalue weighted by Crippen LogP contribution is 2.18. The van der Waals surface area contributed by atoms with Crippen molar-refractivity contribution in [2.45, 2.75) is 19.4 Å². The molecule has 0 bridgehead atoms. The molecule has 0 aliphatic carbocycles. The number of aromatic nitrogens is 1. The molecule has 74 valence electrons. The van der Waals surface area contributed by atoms with Crippen molar-refractivity contribution in [3.05, 3.63) is 29.9 Å². The summed E-state index contributed by atoms with van der Waals surface area (Å²) in [6.07, 6.45) is 0.522. The Morgan fingerprint density at radius 2 is 2.36 bits per heavy atom. The number of benzene rings is 1. The zero-order valence-corrected chi connectivity index (χ0v) is 7.83. The van der Waals surface area contributed by atoms with Gasteiger partial charge in [-0.05, 0) is 19.1 Å². The number of para-hydroxylation sites is 1. The quantitative estimate of drug-likeness (QED) is 0.793. The molecule has 0 amide bonds. The van der Waals surface area contributed by atoms with Gasteiger partial charge < -0.3 is 10.2 Å². The average Bonchev–Trinajstić information content (AvgIpc) is 2.47. The number of hydrogen-bond donors (Lipinski definition) is 1. The monoisotopic (exact) mass is 194 g/mol. The van der Waals surface area contributed by atoms with Gasteiger partial charge in [-0.2, -0.15) is 0 Å². The first kappa shape index (κ1) is 9.15. The van der Waals surface area contributed by atoms with Crippen molar-refractivity contribution in [3.63, 3.8) is 0 Å². The summed E-state index contributed by atoms with van der Waals surface area (Å²) in [6.45, 7) is 1.85. The fraction of sp³-hybridized carbons (Fsp3) is 0.300. The van der Waals surface area contributed by atoms with E-state index in [0.29, 0.717) is 17.8 Å². The minimum absolute atomic E-state index is 0.0360. The predicted octanol–water partition coefficient (Wildman–Crippen LogP) is 1.86. The highest BCUT2D eigenvalue weighted by molar-refractivity contribution is 5.72. The molecular formula is C10H11FN2O. The second-order valence-electron chi connectivity index (χ2n) is 3.38. The zero-order chi connectivity index (χ0) is 10.1. The Morgan fingerprint density at radius 3 is 3.00 bits per heavy atom. The number of fused-ring (bicyclic) bond motifs is 1. The van der Waals surface area contributed by atoms with E-state index in [1.165, 1.54) is 6.07 Å². The van der Waals surface area contributed by atoms with Crippen LogP contribution in [0.3, 0.4) is 0 Å². The summed E-state index contributed by atoms with van der Waals surface area (Å²) in [5.74, 6) is 0.103. The van der Waals surface area contributed by atoms with E-state index in [9.17, 15) is 4.39 Å². The van der Waals surface area contributed by atoms with Crippen LogP contribution in [0.15, 0.2) is 22.6 Å². The average molecular weight is 194 g/mol. The zero-order valence-electron chi connectivity index (χ0n) is 7.83. The van der Waals surface area contributed by atoms with Crippen LogP contribution in [0.2, 0.25) is 0 Å². The van der Waals surface area contributed by atoms with Gasteiger partial charge in [0.05, 0.1) is 0 Å². The molecule has 1 aromatic heterocycles. The molecule has 0 saturated heterocycles. The summed E-state index contributed by atoms with van der Waals surface area (Å²) in [5.41, 5.74) is 6.34. The normalized spacial score (nSPS) is 13.4. The molecule has 0 fully saturated rings. The molecule has 1 aromatic carbocycles. The molecule has 0 radical (unpaired) electrons. The first-order valence-corrected chi connectivity index (χ1v) is 4.46. The molecule has 2 aromatic rings. The summed E-state index contributed by atoms with van der Waals surface area (Å²) < 4.78 is 18.4. The third-order valence-electron chi connectivity index (χ3n) is 1.91. The van der Waals surface area contributed by atoms with Crippen LogP contribution in [-0.2, 0) is 6.42 Å². The number of rotatable bonds is 2. The first-order valence-electron chi connectivity index (χ1n) is 4.46. The molecule has 0 spiro atoms. The van der Waals surface area contributed by atoms with Gasteiger partial charge in [0.2, 0.25) is 0 Å². The molecule has 0 aliphatic heterocycles. The highest BCUT2D eigenvalue weighted by atomic mass is 19.1. The van der Waals surface area contributed by atoms with Crippen molar-refractivity contribution >= 4 is 11.1 Å². The molecular weight excluding hydrogens is 183 g/mol. The van der Waals surface area contributed by atoms with Crippen LogP contribution in [0.1, 0.15) is 12.8 Å². The number of nitrogens with zero attached hydrogens (tertiary/aromatic N) is 1. The van der Waals surface area contributed by atoms with Gasteiger partial charge >= 0.3 is 0 Å². The molecule has 1 unspecified atom stereocenters. The molecule has 1 heterocycles. The lowest BCUT2D eigenvalue weighted by molar-refractivity contribution is 0.489. The van der Waals surface area contributed by atoms with E-state index >= 15 is 0 Å². The van der Waals surface area contributed by atoms with Crippen molar-refractivity contribution in [3.8, 4) is 0 Å². The van der Waals surface area contributed by atoms with Crippen molar-refractivity contribution in [1.82, 2.24) is 4.98 Å². The Labute approximate surface area is 80.7 Å². The second kappa shape index (κ2) is 3.38. The lowest BCUT2D eigenvalue weighted by Gasteiger charge is -1.97. The van der Waals surface area contributed by atoms with Crippen LogP contribution >= 0.6 is 0 Å². The Kier molecular flexibility index (Phi) is 2.21. The van der Waals surface area contributed by atoms with Crippen LogP contribution in [0.25, 0.3) is 11.1 Å². The maximum Gasteiger partial charge on any atom is 0.197 e. The molecule has 0 saturated carbocycles. The summed E-state index contributed by atoms with van der Waals surface area (Å²) in [7, 11) is 0. The van der Waals surface area contributed by atoms with E-state index in [1.54, 1.807) is 12.1 Å². The molecule has 1 atom stereocenters. The molecule has 2 N–H and O–H groups in total. The van der Waals surface area contributed by atoms with Crippen LogP contribution < -0.4 is 5.73 Å². The van der Waals surface area contributed by atoms with Crippen molar-refractivity contribution in [2.24, 2.45) is 5.73 Å². The lowest BCUT2D eigenvalue weighted by Crippen LogP contribution is -2.17. The predicted molar refractivity (Wildman–Crippen MR) is 51.3 cm³/mol. The van der Waals surface area contributed by atoms with Crippen molar-refractivity contribution in [1.29, 1.82) is 0 Å². The third kappa shape index (κ3) is 1.61. The van der Waals surface area contributed by atoms with E-state index in [-0.39, 0.29) is 17.4 Å². The second-order valence-corrected chi connectivity index (χ2v) is 3.38. The fourth-order valence-electron chi connectivity index (χ4n) is 1.32. The van der Waals surface area contributed by atoms with Crippen molar-refractivity contribution < 1.29 is 8.81 Å². The Morgan fingerprint density at radius 1 is 1.57 bits per heavy atom. The lowest BCUT2D eigenvalue weighted by atomic mass is 10.2. The number of halogens is 1. The maximum atomic E-state index is 13.2. The topological polar surface area (TPSA) is 52.0 Å². The SMILES string of the molecule is CC(N)Cc1nc2cccc(F)c2o1. The van der Waals surface area contributed by atoms with E-state index in [0.717, 1.165) is 0 Å². The molecule has 3 nitrogen and oxygen atoms in total.